The second kappa shape index (κ2) is 9.48. The molecule has 5 nitrogen and oxygen atoms in total. The largest absolute Gasteiger partial charge is 0.388 e. The summed E-state index contributed by atoms with van der Waals surface area (Å²) in [6, 6.07) is 0. The Morgan fingerprint density at radius 2 is 2.04 bits per heavy atom. The second-order valence-electron chi connectivity index (χ2n) is 7.39. The van der Waals surface area contributed by atoms with E-state index in [2.05, 4.69) is 29.5 Å². The van der Waals surface area contributed by atoms with Gasteiger partial charge in [-0.2, -0.15) is 0 Å². The molecule has 23 heavy (non-hydrogen) atoms. The van der Waals surface area contributed by atoms with Crippen molar-refractivity contribution in [3.8, 4) is 0 Å². The summed E-state index contributed by atoms with van der Waals surface area (Å²) in [6.07, 6.45) is 8.10. The molecule has 0 bridgehead atoms. The zero-order valence-corrected chi connectivity index (χ0v) is 14.9. The highest BCUT2D eigenvalue weighted by Crippen LogP contribution is 2.30. The molecular weight excluding hydrogens is 290 g/mol. The molecule has 0 spiro atoms. The van der Waals surface area contributed by atoms with E-state index in [1.165, 1.54) is 32.1 Å². The topological polar surface area (TPSA) is 65.9 Å². The summed E-state index contributed by atoms with van der Waals surface area (Å²) >= 11 is 0. The van der Waals surface area contributed by atoms with Crippen molar-refractivity contribution < 1.29 is 9.84 Å². The maximum absolute atomic E-state index is 10.5. The molecule has 0 amide bonds. The van der Waals surface area contributed by atoms with Gasteiger partial charge in [0.05, 0.1) is 12.1 Å². The van der Waals surface area contributed by atoms with E-state index in [0.717, 1.165) is 30.9 Å². The monoisotopic (exact) mass is 325 g/mol. The fourth-order valence-corrected chi connectivity index (χ4v) is 3.69. The van der Waals surface area contributed by atoms with Crippen LogP contribution < -0.4 is 10.6 Å². The SMILES string of the molecule is CCNC(=NCC1(O)CCOCC1)NCCC1CCCC(C)C1. The molecule has 1 aliphatic carbocycles. The molecule has 2 atom stereocenters. The van der Waals surface area contributed by atoms with Gasteiger partial charge in [-0.15, -0.1) is 0 Å². The predicted molar refractivity (Wildman–Crippen MR) is 94.7 cm³/mol. The van der Waals surface area contributed by atoms with Crippen molar-refractivity contribution in [3.05, 3.63) is 0 Å². The van der Waals surface area contributed by atoms with Crippen LogP contribution in [0.4, 0.5) is 0 Å². The summed E-state index contributed by atoms with van der Waals surface area (Å²) < 4.78 is 5.32. The molecule has 2 fully saturated rings. The molecule has 1 aliphatic heterocycles. The zero-order chi connectivity index (χ0) is 16.5. The number of nitrogens with one attached hydrogen (secondary N) is 2. The van der Waals surface area contributed by atoms with Gasteiger partial charge in [-0.25, -0.2) is 0 Å². The molecule has 3 N–H and O–H groups in total. The highest BCUT2D eigenvalue weighted by Gasteiger charge is 2.29. The number of aliphatic imine (C=N–C) groups is 1. The summed E-state index contributed by atoms with van der Waals surface area (Å²) in [5, 5.41) is 17.2. The van der Waals surface area contributed by atoms with E-state index in [-0.39, 0.29) is 0 Å². The van der Waals surface area contributed by atoms with E-state index in [0.29, 0.717) is 32.6 Å². The van der Waals surface area contributed by atoms with Crippen LogP contribution in [-0.2, 0) is 4.74 Å². The Balaban J connectivity index is 1.74. The summed E-state index contributed by atoms with van der Waals surface area (Å²) in [7, 11) is 0. The Labute approximate surface area is 141 Å². The van der Waals surface area contributed by atoms with Crippen molar-refractivity contribution in [3.63, 3.8) is 0 Å². The van der Waals surface area contributed by atoms with Gasteiger partial charge >= 0.3 is 0 Å². The zero-order valence-electron chi connectivity index (χ0n) is 14.9. The fraction of sp³-hybridized carbons (Fsp3) is 0.944. The van der Waals surface area contributed by atoms with E-state index < -0.39 is 5.60 Å². The quantitative estimate of drug-likeness (QED) is 0.518. The number of nitrogens with zero attached hydrogens (tertiary/aromatic N) is 1. The molecule has 5 heteroatoms. The van der Waals surface area contributed by atoms with Crippen LogP contribution in [0.25, 0.3) is 0 Å². The van der Waals surface area contributed by atoms with Gasteiger partial charge < -0.3 is 20.5 Å². The van der Waals surface area contributed by atoms with Gasteiger partial charge in [-0.3, -0.25) is 4.99 Å². The highest BCUT2D eigenvalue weighted by atomic mass is 16.5. The lowest BCUT2D eigenvalue weighted by atomic mass is 9.81. The number of ether oxygens (including phenoxy) is 1. The Bertz CT molecular complexity index is 367. The average Bonchev–Trinajstić information content (AvgIpc) is 2.53. The molecule has 1 saturated heterocycles. The maximum Gasteiger partial charge on any atom is 0.191 e. The van der Waals surface area contributed by atoms with Crippen LogP contribution in [0.5, 0.6) is 0 Å². The van der Waals surface area contributed by atoms with E-state index in [1.54, 1.807) is 0 Å². The van der Waals surface area contributed by atoms with Crippen molar-refractivity contribution in [2.24, 2.45) is 16.8 Å². The van der Waals surface area contributed by atoms with Gasteiger partial charge in [0.15, 0.2) is 5.96 Å². The van der Waals surface area contributed by atoms with Crippen LogP contribution in [-0.4, -0.2) is 49.5 Å². The van der Waals surface area contributed by atoms with Crippen LogP contribution in [0, 0.1) is 11.8 Å². The first-order valence-corrected chi connectivity index (χ1v) is 9.43. The Morgan fingerprint density at radius 1 is 1.26 bits per heavy atom. The smallest absolute Gasteiger partial charge is 0.191 e. The molecule has 0 aromatic heterocycles. The van der Waals surface area contributed by atoms with E-state index in [4.69, 9.17) is 4.74 Å². The van der Waals surface area contributed by atoms with Crippen LogP contribution in [0.15, 0.2) is 4.99 Å². The number of guanidine groups is 1. The number of rotatable bonds is 6. The minimum atomic E-state index is -0.695. The molecule has 2 aliphatic rings. The van der Waals surface area contributed by atoms with Gasteiger partial charge in [0.2, 0.25) is 0 Å². The van der Waals surface area contributed by atoms with E-state index in [1.807, 2.05) is 0 Å². The lowest BCUT2D eigenvalue weighted by Gasteiger charge is -2.30. The third-order valence-electron chi connectivity index (χ3n) is 5.19. The van der Waals surface area contributed by atoms with Crippen molar-refractivity contribution in [2.75, 3.05) is 32.8 Å². The normalized spacial score (nSPS) is 28.4. The minimum absolute atomic E-state index is 0.451. The van der Waals surface area contributed by atoms with E-state index >= 15 is 0 Å². The first-order chi connectivity index (χ1) is 11.1. The molecule has 0 aromatic carbocycles. The third-order valence-corrected chi connectivity index (χ3v) is 5.19. The van der Waals surface area contributed by atoms with Crippen LogP contribution in [0.1, 0.15) is 58.8 Å². The van der Waals surface area contributed by atoms with Crippen LogP contribution in [0.3, 0.4) is 0 Å². The maximum atomic E-state index is 10.5. The molecule has 2 rings (SSSR count). The van der Waals surface area contributed by atoms with Crippen molar-refractivity contribution in [1.82, 2.24) is 10.6 Å². The average molecular weight is 325 g/mol. The Hall–Kier alpha value is -0.810. The number of hydrogen-bond acceptors (Lipinski definition) is 3. The molecular formula is C18H35N3O2. The third kappa shape index (κ3) is 6.68. The summed E-state index contributed by atoms with van der Waals surface area (Å²) in [6.45, 7) is 7.97. The second-order valence-corrected chi connectivity index (χ2v) is 7.39. The fourth-order valence-electron chi connectivity index (χ4n) is 3.69. The van der Waals surface area contributed by atoms with Gasteiger partial charge in [0, 0.05) is 39.1 Å². The molecule has 134 valence electrons. The van der Waals surface area contributed by atoms with Gasteiger partial charge in [0.25, 0.3) is 0 Å². The Morgan fingerprint density at radius 3 is 2.74 bits per heavy atom. The highest BCUT2D eigenvalue weighted by molar-refractivity contribution is 5.79. The van der Waals surface area contributed by atoms with Gasteiger partial charge in [-0.05, 0) is 31.6 Å². The summed E-state index contributed by atoms with van der Waals surface area (Å²) in [5.41, 5.74) is -0.695. The van der Waals surface area contributed by atoms with Gasteiger partial charge in [-0.1, -0.05) is 26.2 Å². The molecule has 1 heterocycles. The van der Waals surface area contributed by atoms with E-state index in [9.17, 15) is 5.11 Å². The van der Waals surface area contributed by atoms with Crippen molar-refractivity contribution >= 4 is 5.96 Å². The first-order valence-electron chi connectivity index (χ1n) is 9.43. The first kappa shape index (κ1) is 18.5. The standard InChI is InChI=1S/C18H35N3O2/c1-3-19-17(21-14-18(22)8-11-23-12-9-18)20-10-7-16-6-4-5-15(2)13-16/h15-16,22H,3-14H2,1-2H3,(H2,19,20,21). The summed E-state index contributed by atoms with van der Waals surface area (Å²) in [4.78, 5) is 4.60. The molecule has 2 unspecified atom stereocenters. The van der Waals surface area contributed by atoms with Crippen molar-refractivity contribution in [2.45, 2.75) is 64.4 Å². The predicted octanol–water partition coefficient (Wildman–Crippen LogP) is 2.30. The van der Waals surface area contributed by atoms with Gasteiger partial charge in [0.1, 0.15) is 0 Å². The summed E-state index contributed by atoms with van der Waals surface area (Å²) in [5.74, 6) is 2.57. The molecule has 0 radical (unpaired) electrons. The minimum Gasteiger partial charge on any atom is -0.388 e. The molecule has 1 saturated carbocycles. The number of hydrogen-bond donors (Lipinski definition) is 3. The van der Waals surface area contributed by atoms with Crippen LogP contribution >= 0.6 is 0 Å². The van der Waals surface area contributed by atoms with Crippen LogP contribution in [0.2, 0.25) is 0 Å². The lowest BCUT2D eigenvalue weighted by molar-refractivity contribution is -0.0565. The van der Waals surface area contributed by atoms with Crippen molar-refractivity contribution in [1.29, 1.82) is 0 Å². The Kier molecular flexibility index (Phi) is 7.63. The number of aliphatic hydroxyl groups is 1. The molecule has 0 aromatic rings. The lowest BCUT2D eigenvalue weighted by Crippen LogP contribution is -2.43.